The summed E-state index contributed by atoms with van der Waals surface area (Å²) in [6.07, 6.45) is 4.32. The van der Waals surface area contributed by atoms with E-state index in [0.29, 0.717) is 41.4 Å². The highest BCUT2D eigenvalue weighted by atomic mass is 32.2. The normalized spacial score (nSPS) is 19.5. The molecule has 4 aromatic rings. The first-order valence-corrected chi connectivity index (χ1v) is 14.5. The molecule has 0 aliphatic carbocycles. The standard InChI is InChI=1S/C28H29N5O5S/c29-28-27(25-14-23(33-38-25)19-5-3-18(4-6-19)15-30-26-2-1-12-37-26)32-24(16-31-28)20-7-9-21(10-8-20)39(34,35)22-11-13-36-17-22/h3-10,14,16,22,26,30H,1-2,11-13,15,17H2,(H2,29,31). The van der Waals surface area contributed by atoms with Gasteiger partial charge in [0.05, 0.1) is 28.6 Å². The van der Waals surface area contributed by atoms with Crippen LogP contribution in [0.4, 0.5) is 5.82 Å². The number of nitrogens with zero attached hydrogens (tertiary/aromatic N) is 3. The third-order valence-electron chi connectivity index (χ3n) is 7.06. The van der Waals surface area contributed by atoms with Gasteiger partial charge in [0.25, 0.3) is 0 Å². The molecule has 0 spiro atoms. The van der Waals surface area contributed by atoms with Crippen LogP contribution in [0.1, 0.15) is 24.8 Å². The molecule has 2 unspecified atom stereocenters. The van der Waals surface area contributed by atoms with Gasteiger partial charge in [0, 0.05) is 37.0 Å². The van der Waals surface area contributed by atoms with Crippen molar-refractivity contribution >= 4 is 15.7 Å². The van der Waals surface area contributed by atoms with Gasteiger partial charge in [0.2, 0.25) is 0 Å². The van der Waals surface area contributed by atoms with Gasteiger partial charge < -0.3 is 19.7 Å². The predicted octanol–water partition coefficient (Wildman–Crippen LogP) is 3.84. The van der Waals surface area contributed by atoms with Crippen LogP contribution in [0.3, 0.4) is 0 Å². The predicted molar refractivity (Wildman–Crippen MR) is 145 cm³/mol. The van der Waals surface area contributed by atoms with Gasteiger partial charge in [-0.2, -0.15) is 0 Å². The number of hydrogen-bond acceptors (Lipinski definition) is 10. The maximum absolute atomic E-state index is 12.8. The number of aromatic nitrogens is 3. The van der Waals surface area contributed by atoms with E-state index in [-0.39, 0.29) is 23.5 Å². The van der Waals surface area contributed by atoms with Gasteiger partial charge in [-0.15, -0.1) is 0 Å². The number of nitrogens with one attached hydrogen (secondary N) is 1. The molecule has 0 bridgehead atoms. The second kappa shape index (κ2) is 10.9. The molecule has 0 saturated carbocycles. The zero-order chi connectivity index (χ0) is 26.8. The molecule has 0 amide bonds. The SMILES string of the molecule is Nc1ncc(-c2ccc(S(=O)(=O)C3CCOC3)cc2)nc1-c1cc(-c2ccc(CNC3CCCO3)cc2)no1. The number of rotatable bonds is 8. The third kappa shape index (κ3) is 5.44. The summed E-state index contributed by atoms with van der Waals surface area (Å²) in [4.78, 5) is 9.21. The van der Waals surface area contributed by atoms with E-state index in [0.717, 1.165) is 37.1 Å². The fourth-order valence-electron chi connectivity index (χ4n) is 4.77. The van der Waals surface area contributed by atoms with E-state index in [1.165, 1.54) is 0 Å². The second-order valence-electron chi connectivity index (χ2n) is 9.70. The van der Waals surface area contributed by atoms with Crippen molar-refractivity contribution in [1.82, 2.24) is 20.4 Å². The quantitative estimate of drug-likeness (QED) is 0.334. The molecular weight excluding hydrogens is 518 g/mol. The molecule has 39 heavy (non-hydrogen) atoms. The highest BCUT2D eigenvalue weighted by molar-refractivity contribution is 7.92. The Kier molecular flexibility index (Phi) is 7.13. The van der Waals surface area contributed by atoms with Gasteiger partial charge in [0.15, 0.2) is 27.1 Å². The monoisotopic (exact) mass is 547 g/mol. The lowest BCUT2D eigenvalue weighted by Gasteiger charge is -2.11. The molecule has 3 N–H and O–H groups in total. The Hall–Kier alpha value is -3.64. The van der Waals surface area contributed by atoms with Crippen LogP contribution in [0.2, 0.25) is 0 Å². The van der Waals surface area contributed by atoms with E-state index >= 15 is 0 Å². The molecule has 6 rings (SSSR count). The highest BCUT2D eigenvalue weighted by Gasteiger charge is 2.31. The average Bonchev–Trinajstić information content (AvgIpc) is 3.76. The van der Waals surface area contributed by atoms with Crippen LogP contribution >= 0.6 is 0 Å². The van der Waals surface area contributed by atoms with Crippen molar-refractivity contribution < 1.29 is 22.4 Å². The van der Waals surface area contributed by atoms with Gasteiger partial charge in [-0.05, 0) is 37.0 Å². The minimum Gasteiger partial charge on any atom is -0.382 e. The molecule has 4 heterocycles. The van der Waals surface area contributed by atoms with E-state index in [1.54, 1.807) is 36.5 Å². The Morgan fingerprint density at radius 3 is 2.46 bits per heavy atom. The summed E-state index contributed by atoms with van der Waals surface area (Å²) in [5.41, 5.74) is 10.4. The zero-order valence-corrected chi connectivity index (χ0v) is 22.1. The van der Waals surface area contributed by atoms with Crippen LogP contribution in [0.5, 0.6) is 0 Å². The molecule has 0 radical (unpaired) electrons. The van der Waals surface area contributed by atoms with Crippen LogP contribution in [0.25, 0.3) is 34.0 Å². The first-order valence-electron chi connectivity index (χ1n) is 12.9. The summed E-state index contributed by atoms with van der Waals surface area (Å²) < 4.78 is 42.1. The van der Waals surface area contributed by atoms with E-state index in [2.05, 4.69) is 20.4 Å². The van der Waals surface area contributed by atoms with Crippen LogP contribution < -0.4 is 11.1 Å². The topological polar surface area (TPSA) is 142 Å². The van der Waals surface area contributed by atoms with Crippen LogP contribution in [-0.4, -0.2) is 54.8 Å². The van der Waals surface area contributed by atoms with Crippen molar-refractivity contribution in [2.45, 2.75) is 42.2 Å². The molecule has 2 atom stereocenters. The fourth-order valence-corrected chi connectivity index (χ4v) is 6.35. The van der Waals surface area contributed by atoms with E-state index < -0.39 is 15.1 Å². The largest absolute Gasteiger partial charge is 0.382 e. The van der Waals surface area contributed by atoms with E-state index in [1.807, 2.05) is 24.3 Å². The second-order valence-corrected chi connectivity index (χ2v) is 11.9. The Labute approximate surface area is 226 Å². The summed E-state index contributed by atoms with van der Waals surface area (Å²) >= 11 is 0. The molecule has 2 aliphatic heterocycles. The highest BCUT2D eigenvalue weighted by Crippen LogP contribution is 2.31. The number of sulfone groups is 1. The number of nitrogens with two attached hydrogens (primary N) is 1. The first-order chi connectivity index (χ1) is 19.0. The summed E-state index contributed by atoms with van der Waals surface area (Å²) in [5, 5.41) is 7.11. The summed E-state index contributed by atoms with van der Waals surface area (Å²) in [5.74, 6) is 0.596. The van der Waals surface area contributed by atoms with Crippen molar-refractivity contribution in [2.75, 3.05) is 25.6 Å². The molecule has 2 aromatic heterocycles. The lowest BCUT2D eigenvalue weighted by Crippen LogP contribution is -2.27. The van der Waals surface area contributed by atoms with Crippen molar-refractivity contribution in [3.8, 4) is 34.0 Å². The molecule has 2 aliphatic rings. The summed E-state index contributed by atoms with van der Waals surface area (Å²) in [6, 6.07) is 16.5. The van der Waals surface area contributed by atoms with Gasteiger partial charge in [0.1, 0.15) is 11.9 Å². The van der Waals surface area contributed by atoms with Crippen LogP contribution in [0, 0.1) is 0 Å². The molecule has 10 nitrogen and oxygen atoms in total. The number of benzene rings is 2. The maximum Gasteiger partial charge on any atom is 0.189 e. The maximum atomic E-state index is 12.8. The van der Waals surface area contributed by atoms with E-state index in [9.17, 15) is 8.42 Å². The van der Waals surface area contributed by atoms with Gasteiger partial charge in [-0.25, -0.2) is 18.4 Å². The van der Waals surface area contributed by atoms with Gasteiger partial charge in [-0.1, -0.05) is 41.6 Å². The fraction of sp³-hybridized carbons (Fsp3) is 0.321. The van der Waals surface area contributed by atoms with Crippen molar-refractivity contribution in [3.05, 3.63) is 66.4 Å². The Balaban J connectivity index is 1.18. The number of anilines is 1. The lowest BCUT2D eigenvalue weighted by atomic mass is 10.1. The Bertz CT molecular complexity index is 1540. The van der Waals surface area contributed by atoms with Crippen LogP contribution in [-0.2, 0) is 25.9 Å². The molecule has 11 heteroatoms. The average molecular weight is 548 g/mol. The van der Waals surface area contributed by atoms with E-state index in [4.69, 9.17) is 19.7 Å². The molecular formula is C28H29N5O5S. The zero-order valence-electron chi connectivity index (χ0n) is 21.2. The summed E-state index contributed by atoms with van der Waals surface area (Å²) in [6.45, 7) is 2.24. The number of hydrogen-bond donors (Lipinski definition) is 2. The minimum absolute atomic E-state index is 0.128. The van der Waals surface area contributed by atoms with Gasteiger partial charge >= 0.3 is 0 Å². The Morgan fingerprint density at radius 1 is 0.974 bits per heavy atom. The molecule has 2 fully saturated rings. The van der Waals surface area contributed by atoms with Crippen molar-refractivity contribution in [3.63, 3.8) is 0 Å². The number of ether oxygens (including phenoxy) is 2. The van der Waals surface area contributed by atoms with Crippen molar-refractivity contribution in [1.29, 1.82) is 0 Å². The van der Waals surface area contributed by atoms with Crippen molar-refractivity contribution in [2.24, 2.45) is 0 Å². The minimum atomic E-state index is -3.44. The lowest BCUT2D eigenvalue weighted by molar-refractivity contribution is 0.0827. The Morgan fingerprint density at radius 2 is 1.74 bits per heavy atom. The molecule has 2 saturated heterocycles. The third-order valence-corrected chi connectivity index (χ3v) is 9.24. The van der Waals surface area contributed by atoms with Gasteiger partial charge in [-0.3, -0.25) is 5.32 Å². The number of nitrogen functional groups attached to an aromatic ring is 1. The smallest absolute Gasteiger partial charge is 0.189 e. The van der Waals surface area contributed by atoms with Crippen LogP contribution in [0.15, 0.2) is 70.2 Å². The summed E-state index contributed by atoms with van der Waals surface area (Å²) in [7, 11) is -3.44. The molecule has 2 aromatic carbocycles. The molecule has 202 valence electrons. The first kappa shape index (κ1) is 25.6.